The Morgan fingerprint density at radius 3 is 2.38 bits per heavy atom. The maximum absolute atomic E-state index is 11.6. The summed E-state index contributed by atoms with van der Waals surface area (Å²) in [5.74, 6) is -0.555. The summed E-state index contributed by atoms with van der Waals surface area (Å²) in [6.45, 7) is 1.87. The molecule has 130 valence electrons. The summed E-state index contributed by atoms with van der Waals surface area (Å²) in [6, 6.07) is 6.38. The van der Waals surface area contributed by atoms with Gasteiger partial charge in [-0.3, -0.25) is 9.88 Å². The first-order valence-corrected chi connectivity index (χ1v) is 9.07. The van der Waals surface area contributed by atoms with Gasteiger partial charge in [-0.2, -0.15) is 0 Å². The number of aliphatic hydroxyl groups excluding tert-OH is 1. The summed E-state index contributed by atoms with van der Waals surface area (Å²) >= 11 is 0. The van der Waals surface area contributed by atoms with Crippen LogP contribution in [0.4, 0.5) is 0 Å². The van der Waals surface area contributed by atoms with Crippen LogP contribution in [0.2, 0.25) is 0 Å². The molecule has 0 saturated heterocycles. The van der Waals surface area contributed by atoms with Gasteiger partial charge in [0.2, 0.25) is 0 Å². The molecule has 0 heterocycles. The molecule has 7 nitrogen and oxygen atoms in total. The SMILES string of the molecule is CCC(c1ccc(O)cc1)C(O)C1=C(NP(=O)(O)O)CC(=O)C=C1. The van der Waals surface area contributed by atoms with Crippen LogP contribution < -0.4 is 5.09 Å². The molecule has 0 saturated carbocycles. The molecule has 1 aliphatic rings. The van der Waals surface area contributed by atoms with E-state index in [1.54, 1.807) is 12.1 Å². The molecule has 1 aliphatic carbocycles. The second-order valence-corrected chi connectivity index (χ2v) is 6.93. The van der Waals surface area contributed by atoms with Crippen LogP contribution in [0.3, 0.4) is 0 Å². The fourth-order valence-corrected chi connectivity index (χ4v) is 3.31. The zero-order chi connectivity index (χ0) is 17.9. The number of aromatic hydroxyl groups is 1. The van der Waals surface area contributed by atoms with Gasteiger partial charge in [0.1, 0.15) is 5.75 Å². The fraction of sp³-hybridized carbons (Fsp3) is 0.312. The van der Waals surface area contributed by atoms with Crippen LogP contribution in [-0.4, -0.2) is 31.9 Å². The van der Waals surface area contributed by atoms with E-state index in [0.29, 0.717) is 6.42 Å². The van der Waals surface area contributed by atoms with Crippen LogP contribution in [0, 0.1) is 0 Å². The van der Waals surface area contributed by atoms with E-state index < -0.39 is 13.9 Å². The minimum absolute atomic E-state index is 0.0283. The van der Waals surface area contributed by atoms with Crippen molar-refractivity contribution in [3.8, 4) is 5.75 Å². The maximum atomic E-state index is 11.6. The maximum Gasteiger partial charge on any atom is 0.427 e. The van der Waals surface area contributed by atoms with Crippen molar-refractivity contribution in [2.45, 2.75) is 31.8 Å². The van der Waals surface area contributed by atoms with Gasteiger partial charge in [-0.05, 0) is 30.2 Å². The zero-order valence-electron chi connectivity index (χ0n) is 13.1. The predicted octanol–water partition coefficient (Wildman–Crippen LogP) is 1.71. The number of carbonyl (C=O) groups excluding carboxylic acids is 1. The summed E-state index contributed by atoms with van der Waals surface area (Å²) in [4.78, 5) is 29.8. The number of allylic oxidation sites excluding steroid dienone is 2. The van der Waals surface area contributed by atoms with Crippen LogP contribution in [0.1, 0.15) is 31.2 Å². The van der Waals surface area contributed by atoms with Gasteiger partial charge in [-0.25, -0.2) is 4.57 Å². The Kier molecular flexibility index (Phi) is 5.62. The first kappa shape index (κ1) is 18.4. The second-order valence-electron chi connectivity index (χ2n) is 5.62. The highest BCUT2D eigenvalue weighted by Gasteiger charge is 2.29. The molecule has 0 bridgehead atoms. The summed E-state index contributed by atoms with van der Waals surface area (Å²) in [5, 5.41) is 22.1. The monoisotopic (exact) mass is 353 g/mol. The first-order valence-electron chi connectivity index (χ1n) is 7.46. The minimum atomic E-state index is -4.59. The minimum Gasteiger partial charge on any atom is -0.508 e. The molecule has 8 heteroatoms. The largest absolute Gasteiger partial charge is 0.508 e. The average molecular weight is 353 g/mol. The van der Waals surface area contributed by atoms with Gasteiger partial charge in [-0.1, -0.05) is 25.1 Å². The summed E-state index contributed by atoms with van der Waals surface area (Å²) in [5.41, 5.74) is 1.08. The Morgan fingerprint density at radius 2 is 1.83 bits per heavy atom. The van der Waals surface area contributed by atoms with Crippen LogP contribution >= 0.6 is 7.75 Å². The topological polar surface area (TPSA) is 127 Å². The number of carbonyl (C=O) groups is 1. The molecular weight excluding hydrogens is 333 g/mol. The molecular formula is C16H20NO6P. The molecule has 1 aromatic rings. The van der Waals surface area contributed by atoms with Gasteiger partial charge in [-0.15, -0.1) is 0 Å². The molecule has 0 aromatic heterocycles. The number of ketones is 1. The van der Waals surface area contributed by atoms with E-state index in [2.05, 4.69) is 0 Å². The lowest BCUT2D eigenvalue weighted by molar-refractivity contribution is -0.114. The standard InChI is InChI=1S/C16H20NO6P/c1-2-13(10-3-5-11(18)6-4-10)16(20)14-8-7-12(19)9-15(14)17-24(21,22)23/h3-8,13,16,18,20H,2,9H2,1H3,(H3,17,21,22,23). The third-order valence-electron chi connectivity index (χ3n) is 3.89. The lowest BCUT2D eigenvalue weighted by Crippen LogP contribution is -2.27. The van der Waals surface area contributed by atoms with Crippen LogP contribution in [0.25, 0.3) is 0 Å². The molecule has 0 aliphatic heterocycles. The normalized spacial score (nSPS) is 17.8. The van der Waals surface area contributed by atoms with Crippen molar-refractivity contribution in [3.63, 3.8) is 0 Å². The van der Waals surface area contributed by atoms with Crippen molar-refractivity contribution in [2.24, 2.45) is 0 Å². The van der Waals surface area contributed by atoms with Gasteiger partial charge < -0.3 is 20.0 Å². The van der Waals surface area contributed by atoms with Crippen molar-refractivity contribution < 1.29 is 29.4 Å². The molecule has 0 radical (unpaired) electrons. The van der Waals surface area contributed by atoms with Gasteiger partial charge in [0, 0.05) is 17.2 Å². The third kappa shape index (κ3) is 4.55. The molecule has 0 spiro atoms. The third-order valence-corrected chi connectivity index (χ3v) is 4.45. The van der Waals surface area contributed by atoms with Gasteiger partial charge in [0.25, 0.3) is 0 Å². The predicted molar refractivity (Wildman–Crippen MR) is 88.1 cm³/mol. The molecule has 0 amide bonds. The molecule has 2 rings (SSSR count). The Labute approximate surface area is 139 Å². The first-order chi connectivity index (χ1) is 11.2. The number of benzene rings is 1. The smallest absolute Gasteiger partial charge is 0.427 e. The van der Waals surface area contributed by atoms with E-state index >= 15 is 0 Å². The second kappa shape index (κ2) is 7.32. The lowest BCUT2D eigenvalue weighted by atomic mass is 9.84. The molecule has 0 fully saturated rings. The Bertz CT molecular complexity index is 719. The van der Waals surface area contributed by atoms with Crippen LogP contribution in [0.15, 0.2) is 47.7 Å². The fourth-order valence-electron chi connectivity index (χ4n) is 2.76. The van der Waals surface area contributed by atoms with Crippen molar-refractivity contribution in [3.05, 3.63) is 53.3 Å². The Morgan fingerprint density at radius 1 is 1.21 bits per heavy atom. The van der Waals surface area contributed by atoms with Crippen molar-refractivity contribution >= 4 is 13.5 Å². The number of hydrogen-bond donors (Lipinski definition) is 5. The van der Waals surface area contributed by atoms with E-state index in [-0.39, 0.29) is 35.1 Å². The van der Waals surface area contributed by atoms with E-state index in [4.69, 9.17) is 9.79 Å². The van der Waals surface area contributed by atoms with Gasteiger partial charge >= 0.3 is 7.75 Å². The number of aliphatic hydroxyl groups is 1. The summed E-state index contributed by atoms with van der Waals surface area (Å²) in [6.07, 6.45) is 1.96. The summed E-state index contributed by atoms with van der Waals surface area (Å²) < 4.78 is 11.2. The van der Waals surface area contributed by atoms with Crippen LogP contribution in [-0.2, 0) is 9.36 Å². The van der Waals surface area contributed by atoms with Crippen molar-refractivity contribution in [1.29, 1.82) is 0 Å². The molecule has 2 unspecified atom stereocenters. The number of hydrogen-bond acceptors (Lipinski definition) is 4. The number of rotatable bonds is 6. The molecule has 2 atom stereocenters. The van der Waals surface area contributed by atoms with Gasteiger partial charge in [0.15, 0.2) is 5.78 Å². The van der Waals surface area contributed by atoms with Crippen molar-refractivity contribution in [2.75, 3.05) is 0 Å². The highest BCUT2D eigenvalue weighted by Crippen LogP contribution is 2.36. The molecule has 24 heavy (non-hydrogen) atoms. The number of phenols is 1. The highest BCUT2D eigenvalue weighted by molar-refractivity contribution is 7.49. The zero-order valence-corrected chi connectivity index (χ0v) is 14.0. The Balaban J connectivity index is 2.38. The van der Waals surface area contributed by atoms with E-state index in [1.807, 2.05) is 12.0 Å². The van der Waals surface area contributed by atoms with E-state index in [9.17, 15) is 19.6 Å². The molecule has 1 aromatic carbocycles. The lowest BCUT2D eigenvalue weighted by Gasteiger charge is -2.27. The Hall–Kier alpha value is -1.92. The van der Waals surface area contributed by atoms with E-state index in [0.717, 1.165) is 5.56 Å². The van der Waals surface area contributed by atoms with Crippen molar-refractivity contribution in [1.82, 2.24) is 5.09 Å². The highest BCUT2D eigenvalue weighted by atomic mass is 31.2. The van der Waals surface area contributed by atoms with Crippen LogP contribution in [0.5, 0.6) is 5.75 Å². The average Bonchev–Trinajstić information content (AvgIpc) is 2.48. The quantitative estimate of drug-likeness (QED) is 0.493. The molecule has 5 N–H and O–H groups in total. The van der Waals surface area contributed by atoms with E-state index in [1.165, 1.54) is 24.3 Å². The summed E-state index contributed by atoms with van der Waals surface area (Å²) in [7, 11) is -4.59. The van der Waals surface area contributed by atoms with Gasteiger partial charge in [0.05, 0.1) is 12.5 Å². The number of nitrogens with one attached hydrogen (secondary N) is 1. The number of phenolic OH excluding ortho intramolecular Hbond substituents is 1.